The van der Waals surface area contributed by atoms with Crippen LogP contribution in [-0.2, 0) is 30.4 Å². The minimum Gasteiger partial charge on any atom is -0.481 e. The number of likely N-dealkylation sites (N-methyl/N-ethyl adjacent to an activating group) is 1. The van der Waals surface area contributed by atoms with Gasteiger partial charge in [-0.15, -0.1) is 0 Å². The number of carboxylic acid groups (broad SMARTS) is 3. The van der Waals surface area contributed by atoms with E-state index in [9.17, 15) is 24.0 Å². The van der Waals surface area contributed by atoms with Crippen LogP contribution in [0.15, 0.2) is 24.3 Å². The first-order valence-electron chi connectivity index (χ1n) is 14.2. The van der Waals surface area contributed by atoms with Crippen LogP contribution >= 0.6 is 0 Å². The molecule has 2 unspecified atom stereocenters. The van der Waals surface area contributed by atoms with Gasteiger partial charge in [0.2, 0.25) is 11.8 Å². The fraction of sp³-hybridized carbons (Fsp3) is 0.621. The number of aliphatic hydroxyl groups is 1. The van der Waals surface area contributed by atoms with E-state index in [4.69, 9.17) is 20.4 Å². The number of fused-ring (bicyclic) bond motifs is 1. The molecule has 4 N–H and O–H groups in total. The molecule has 42 heavy (non-hydrogen) atoms. The van der Waals surface area contributed by atoms with Crippen LogP contribution in [0, 0.1) is 0 Å². The molecule has 13 heteroatoms. The van der Waals surface area contributed by atoms with Crippen molar-refractivity contribution in [1.29, 1.82) is 0 Å². The highest BCUT2D eigenvalue weighted by molar-refractivity contribution is 6.03. The number of aliphatic carboxylic acids is 3. The maximum absolute atomic E-state index is 13.2. The normalized spacial score (nSPS) is 17.9. The van der Waals surface area contributed by atoms with E-state index < -0.39 is 42.4 Å². The molecule has 0 bridgehead atoms. The number of anilines is 1. The van der Waals surface area contributed by atoms with Gasteiger partial charge in [0.1, 0.15) is 6.04 Å². The number of nitrogens with zero attached hydrogens (tertiary/aromatic N) is 4. The molecular weight excluding hydrogens is 548 g/mol. The Balaban J connectivity index is 0.000000401. The first-order chi connectivity index (χ1) is 19.7. The molecule has 234 valence electrons. The van der Waals surface area contributed by atoms with Crippen molar-refractivity contribution in [1.82, 2.24) is 14.7 Å². The Morgan fingerprint density at radius 2 is 1.55 bits per heavy atom. The summed E-state index contributed by atoms with van der Waals surface area (Å²) in [6.45, 7) is 9.48. The number of para-hydroxylation sites is 1. The van der Waals surface area contributed by atoms with Gasteiger partial charge >= 0.3 is 17.9 Å². The lowest BCUT2D eigenvalue weighted by Gasteiger charge is -2.38. The van der Waals surface area contributed by atoms with E-state index in [1.807, 2.05) is 24.3 Å². The summed E-state index contributed by atoms with van der Waals surface area (Å²) < 4.78 is 0. The number of piperazine rings is 1. The van der Waals surface area contributed by atoms with Gasteiger partial charge in [-0.2, -0.15) is 0 Å². The minimum absolute atomic E-state index is 0.00641. The minimum atomic E-state index is -2.74. The van der Waals surface area contributed by atoms with E-state index in [1.165, 1.54) is 12.8 Å². The second kappa shape index (κ2) is 15.6. The molecule has 2 aliphatic rings. The lowest BCUT2D eigenvalue weighted by atomic mass is 9.96. The Morgan fingerprint density at radius 3 is 2.05 bits per heavy atom. The predicted octanol–water partition coefficient (Wildman–Crippen LogP) is 0.980. The Hall–Kier alpha value is -3.55. The summed E-state index contributed by atoms with van der Waals surface area (Å²) in [7, 11) is 3.51. The van der Waals surface area contributed by atoms with Crippen molar-refractivity contribution >= 4 is 35.4 Å². The molecule has 2 aliphatic heterocycles. The molecule has 2 atom stereocenters. The third-order valence-electron chi connectivity index (χ3n) is 7.63. The third-order valence-corrected chi connectivity index (χ3v) is 7.63. The molecule has 1 fully saturated rings. The fourth-order valence-corrected chi connectivity index (χ4v) is 5.31. The topological polar surface area (TPSA) is 179 Å². The smallest absolute Gasteiger partial charge is 0.336 e. The lowest BCUT2D eigenvalue weighted by Crippen LogP contribution is -2.51. The predicted molar refractivity (Wildman–Crippen MR) is 154 cm³/mol. The van der Waals surface area contributed by atoms with Crippen molar-refractivity contribution in [3.05, 3.63) is 29.8 Å². The molecule has 0 saturated carbocycles. The summed E-state index contributed by atoms with van der Waals surface area (Å²) in [5.41, 5.74) is -0.756. The zero-order valence-electron chi connectivity index (χ0n) is 24.9. The van der Waals surface area contributed by atoms with Gasteiger partial charge in [-0.05, 0) is 25.0 Å². The maximum Gasteiger partial charge on any atom is 0.336 e. The second-order valence-electron chi connectivity index (χ2n) is 11.1. The monoisotopic (exact) mass is 592 g/mol. The number of carboxylic acids is 3. The highest BCUT2D eigenvalue weighted by Crippen LogP contribution is 2.33. The third kappa shape index (κ3) is 9.50. The molecule has 0 radical (unpaired) electrons. The number of amides is 2. The SMILES string of the molecule is CCCC(C)N1CCN(CCC(=O)N2c3ccccc3CC2C(=O)N(C)C)CC1.O=C(O)CC(O)(CC(=O)O)C(=O)O. The molecule has 2 amide bonds. The summed E-state index contributed by atoms with van der Waals surface area (Å²) in [5, 5.41) is 33.8. The highest BCUT2D eigenvalue weighted by atomic mass is 16.4. The first-order valence-corrected chi connectivity index (χ1v) is 14.2. The van der Waals surface area contributed by atoms with Gasteiger partial charge in [-0.25, -0.2) is 4.79 Å². The number of hydrogen-bond acceptors (Lipinski definition) is 8. The fourth-order valence-electron chi connectivity index (χ4n) is 5.31. The first kappa shape index (κ1) is 34.7. The Kier molecular flexibility index (Phi) is 12.9. The van der Waals surface area contributed by atoms with Crippen molar-refractivity contribution in [2.24, 2.45) is 0 Å². The quantitative estimate of drug-likeness (QED) is 0.272. The Bertz CT molecular complexity index is 1100. The van der Waals surface area contributed by atoms with E-state index in [2.05, 4.69) is 23.6 Å². The molecule has 3 rings (SSSR count). The molecule has 0 aromatic heterocycles. The zero-order chi connectivity index (χ0) is 31.6. The van der Waals surface area contributed by atoms with E-state index in [0.29, 0.717) is 18.9 Å². The lowest BCUT2D eigenvalue weighted by molar-refractivity contribution is -0.170. The number of rotatable bonds is 12. The number of hydrogen-bond donors (Lipinski definition) is 4. The van der Waals surface area contributed by atoms with Crippen LogP contribution in [0.5, 0.6) is 0 Å². The molecule has 1 aromatic rings. The van der Waals surface area contributed by atoms with Crippen molar-refractivity contribution < 1.29 is 44.4 Å². The van der Waals surface area contributed by atoms with Crippen LogP contribution in [-0.4, -0.2) is 129 Å². The largest absolute Gasteiger partial charge is 0.481 e. The Morgan fingerprint density at radius 1 is 0.976 bits per heavy atom. The molecule has 0 aliphatic carbocycles. The zero-order valence-corrected chi connectivity index (χ0v) is 24.9. The van der Waals surface area contributed by atoms with Crippen LogP contribution in [0.2, 0.25) is 0 Å². The second-order valence-corrected chi connectivity index (χ2v) is 11.1. The summed E-state index contributed by atoms with van der Waals surface area (Å²) in [6, 6.07) is 8.13. The summed E-state index contributed by atoms with van der Waals surface area (Å²) in [4.78, 5) is 64.6. The van der Waals surface area contributed by atoms with Crippen molar-refractivity contribution in [3.8, 4) is 0 Å². The number of carbonyl (C=O) groups excluding carboxylic acids is 2. The van der Waals surface area contributed by atoms with E-state index in [-0.39, 0.29) is 11.8 Å². The molecular formula is C29H44N4O9. The number of carbonyl (C=O) groups is 5. The molecule has 1 aromatic carbocycles. The highest BCUT2D eigenvalue weighted by Gasteiger charge is 2.41. The standard InChI is InChI=1S/C23H36N4O2.C6H8O7/c1-5-8-18(2)26-15-13-25(14-16-26)12-11-22(28)27-20-10-7-6-9-19(20)17-21(27)23(29)24(3)4;7-3(8)1-6(13,5(11)12)2-4(9)10/h6-7,9-10,18,21H,5,8,11-17H2,1-4H3;13H,1-2H2,(H,7,8)(H,9,10)(H,11,12). The van der Waals surface area contributed by atoms with Crippen molar-refractivity contribution in [2.75, 3.05) is 51.7 Å². The van der Waals surface area contributed by atoms with Gasteiger partial charge in [0, 0.05) is 71.4 Å². The van der Waals surface area contributed by atoms with Crippen LogP contribution in [0.25, 0.3) is 0 Å². The van der Waals surface area contributed by atoms with Crippen LogP contribution < -0.4 is 4.90 Å². The maximum atomic E-state index is 13.2. The van der Waals surface area contributed by atoms with Gasteiger partial charge in [0.25, 0.3) is 0 Å². The van der Waals surface area contributed by atoms with Crippen molar-refractivity contribution in [2.45, 2.75) is 70.1 Å². The van der Waals surface area contributed by atoms with E-state index >= 15 is 0 Å². The average molecular weight is 593 g/mol. The number of benzene rings is 1. The molecule has 1 saturated heterocycles. The van der Waals surface area contributed by atoms with E-state index in [1.54, 1.807) is 23.9 Å². The van der Waals surface area contributed by atoms with Gasteiger partial charge in [-0.1, -0.05) is 31.5 Å². The van der Waals surface area contributed by atoms with Crippen molar-refractivity contribution in [3.63, 3.8) is 0 Å². The molecule has 2 heterocycles. The summed E-state index contributed by atoms with van der Waals surface area (Å²) >= 11 is 0. The van der Waals surface area contributed by atoms with E-state index in [0.717, 1.165) is 44.0 Å². The molecule has 13 nitrogen and oxygen atoms in total. The van der Waals surface area contributed by atoms with Gasteiger partial charge in [0.15, 0.2) is 5.60 Å². The van der Waals surface area contributed by atoms with Crippen LogP contribution in [0.1, 0.15) is 51.5 Å². The summed E-state index contributed by atoms with van der Waals surface area (Å²) in [6.07, 6.45) is 1.24. The van der Waals surface area contributed by atoms with Crippen LogP contribution in [0.3, 0.4) is 0 Å². The van der Waals surface area contributed by atoms with Gasteiger partial charge < -0.3 is 30.2 Å². The van der Waals surface area contributed by atoms with Gasteiger partial charge in [-0.3, -0.25) is 29.0 Å². The van der Waals surface area contributed by atoms with Gasteiger partial charge in [0.05, 0.1) is 12.8 Å². The summed E-state index contributed by atoms with van der Waals surface area (Å²) in [5.74, 6) is -4.97. The average Bonchev–Trinajstić information content (AvgIpc) is 3.30. The van der Waals surface area contributed by atoms with Crippen LogP contribution in [0.4, 0.5) is 5.69 Å². The Labute approximate surface area is 246 Å². The molecule has 0 spiro atoms.